The number of hydrogen-bond donors (Lipinski definition) is 3. The standard InChI is InChI=1S/C18H17N3O3S/c1-24-15-8-3-2-5-12(15)9-10-16(22)21-18(25)20-14-7-4-6-13(11-14)17(19)23/h2-11H,1H3,(H2,19,23)(H2,20,21,22,25)/b10-9+. The Morgan fingerprint density at radius 1 is 1.16 bits per heavy atom. The summed E-state index contributed by atoms with van der Waals surface area (Å²) in [5.41, 5.74) is 6.89. The predicted molar refractivity (Wildman–Crippen MR) is 101 cm³/mol. The molecule has 0 saturated carbocycles. The van der Waals surface area contributed by atoms with Crippen LogP contribution in [0.5, 0.6) is 5.75 Å². The molecule has 0 fully saturated rings. The van der Waals surface area contributed by atoms with Crippen LogP contribution < -0.4 is 21.1 Å². The van der Waals surface area contributed by atoms with Crippen LogP contribution in [0.4, 0.5) is 5.69 Å². The van der Waals surface area contributed by atoms with Crippen molar-refractivity contribution in [3.63, 3.8) is 0 Å². The number of rotatable bonds is 5. The number of anilines is 1. The zero-order chi connectivity index (χ0) is 18.2. The molecule has 0 unspecified atom stereocenters. The van der Waals surface area contributed by atoms with Crippen molar-refractivity contribution < 1.29 is 14.3 Å². The van der Waals surface area contributed by atoms with Gasteiger partial charge in [-0.2, -0.15) is 0 Å². The third-order valence-corrected chi connectivity index (χ3v) is 3.40. The summed E-state index contributed by atoms with van der Waals surface area (Å²) in [6.07, 6.45) is 2.98. The summed E-state index contributed by atoms with van der Waals surface area (Å²) in [4.78, 5) is 23.1. The average molecular weight is 355 g/mol. The molecule has 128 valence electrons. The number of carbonyl (C=O) groups excluding carboxylic acids is 2. The molecule has 2 rings (SSSR count). The van der Waals surface area contributed by atoms with Crippen LogP contribution in [0.1, 0.15) is 15.9 Å². The van der Waals surface area contributed by atoms with Gasteiger partial charge in [0.2, 0.25) is 11.8 Å². The lowest BCUT2D eigenvalue weighted by atomic mass is 10.2. The van der Waals surface area contributed by atoms with E-state index in [0.29, 0.717) is 17.0 Å². The van der Waals surface area contributed by atoms with Crippen LogP contribution in [0.15, 0.2) is 54.6 Å². The zero-order valence-electron chi connectivity index (χ0n) is 13.5. The monoisotopic (exact) mass is 355 g/mol. The smallest absolute Gasteiger partial charge is 0.250 e. The zero-order valence-corrected chi connectivity index (χ0v) is 14.3. The number of nitrogens with one attached hydrogen (secondary N) is 2. The molecule has 4 N–H and O–H groups in total. The maximum Gasteiger partial charge on any atom is 0.250 e. The molecule has 0 spiro atoms. The molecule has 0 aliphatic rings. The molecule has 0 aromatic heterocycles. The number of thiocarbonyl (C=S) groups is 1. The van der Waals surface area contributed by atoms with Gasteiger partial charge in [0.05, 0.1) is 7.11 Å². The van der Waals surface area contributed by atoms with Crippen molar-refractivity contribution in [3.05, 3.63) is 65.7 Å². The Morgan fingerprint density at radius 2 is 1.92 bits per heavy atom. The summed E-state index contributed by atoms with van der Waals surface area (Å²) >= 11 is 5.08. The van der Waals surface area contributed by atoms with Gasteiger partial charge in [0.25, 0.3) is 0 Å². The van der Waals surface area contributed by atoms with E-state index in [1.807, 2.05) is 18.2 Å². The number of methoxy groups -OCH3 is 1. The van der Waals surface area contributed by atoms with Crippen LogP contribution >= 0.6 is 12.2 Å². The largest absolute Gasteiger partial charge is 0.496 e. The highest BCUT2D eigenvalue weighted by Crippen LogP contribution is 2.18. The topological polar surface area (TPSA) is 93.4 Å². The van der Waals surface area contributed by atoms with Crippen molar-refractivity contribution in [1.82, 2.24) is 5.32 Å². The third kappa shape index (κ3) is 5.43. The van der Waals surface area contributed by atoms with Crippen molar-refractivity contribution in [2.45, 2.75) is 0 Å². The predicted octanol–water partition coefficient (Wildman–Crippen LogP) is 2.32. The van der Waals surface area contributed by atoms with Crippen LogP contribution in [-0.4, -0.2) is 24.0 Å². The molecule has 6 nitrogen and oxygen atoms in total. The molecular weight excluding hydrogens is 338 g/mol. The van der Waals surface area contributed by atoms with E-state index in [2.05, 4.69) is 10.6 Å². The van der Waals surface area contributed by atoms with Gasteiger partial charge in [0.1, 0.15) is 5.75 Å². The highest BCUT2D eigenvalue weighted by molar-refractivity contribution is 7.80. The number of amides is 2. The van der Waals surface area contributed by atoms with Gasteiger partial charge in [-0.1, -0.05) is 24.3 Å². The van der Waals surface area contributed by atoms with E-state index < -0.39 is 11.8 Å². The Bertz CT molecular complexity index is 834. The fraction of sp³-hybridized carbons (Fsp3) is 0.0556. The van der Waals surface area contributed by atoms with E-state index in [9.17, 15) is 9.59 Å². The molecule has 0 atom stereocenters. The van der Waals surface area contributed by atoms with E-state index in [4.69, 9.17) is 22.7 Å². The van der Waals surface area contributed by atoms with Crippen LogP contribution in [0.3, 0.4) is 0 Å². The minimum absolute atomic E-state index is 0.108. The molecule has 2 aromatic rings. The highest BCUT2D eigenvalue weighted by atomic mass is 32.1. The molecule has 0 aliphatic carbocycles. The minimum Gasteiger partial charge on any atom is -0.496 e. The minimum atomic E-state index is -0.543. The third-order valence-electron chi connectivity index (χ3n) is 3.19. The van der Waals surface area contributed by atoms with Crippen molar-refractivity contribution in [2.75, 3.05) is 12.4 Å². The second kappa shape index (κ2) is 8.60. The lowest BCUT2D eigenvalue weighted by molar-refractivity contribution is -0.115. The summed E-state index contributed by atoms with van der Waals surface area (Å²) in [6.45, 7) is 0. The maximum atomic E-state index is 12.0. The average Bonchev–Trinajstić information content (AvgIpc) is 2.60. The number of benzene rings is 2. The van der Waals surface area contributed by atoms with Crippen molar-refractivity contribution in [2.24, 2.45) is 5.73 Å². The highest BCUT2D eigenvalue weighted by Gasteiger charge is 2.05. The molecule has 0 aliphatic heterocycles. The molecular formula is C18H17N3O3S. The van der Waals surface area contributed by atoms with Crippen LogP contribution in [0.2, 0.25) is 0 Å². The Morgan fingerprint density at radius 3 is 2.64 bits per heavy atom. The van der Waals surface area contributed by atoms with E-state index in [-0.39, 0.29) is 5.11 Å². The van der Waals surface area contributed by atoms with Crippen molar-refractivity contribution in [1.29, 1.82) is 0 Å². The van der Waals surface area contributed by atoms with Gasteiger partial charge in [-0.05, 0) is 42.6 Å². The first-order valence-corrected chi connectivity index (χ1v) is 7.73. The number of ether oxygens (including phenoxy) is 1. The molecule has 0 bridgehead atoms. The fourth-order valence-electron chi connectivity index (χ4n) is 2.04. The molecule has 0 heterocycles. The Hall–Kier alpha value is -3.19. The summed E-state index contributed by atoms with van der Waals surface area (Å²) < 4.78 is 5.21. The summed E-state index contributed by atoms with van der Waals surface area (Å²) in [7, 11) is 1.56. The first-order valence-electron chi connectivity index (χ1n) is 7.32. The van der Waals surface area contributed by atoms with Crippen molar-refractivity contribution in [3.8, 4) is 5.75 Å². The van der Waals surface area contributed by atoms with Gasteiger partial charge in [-0.3, -0.25) is 14.9 Å². The van der Waals surface area contributed by atoms with E-state index in [1.54, 1.807) is 43.5 Å². The van der Waals surface area contributed by atoms with E-state index in [0.717, 1.165) is 5.56 Å². The van der Waals surface area contributed by atoms with Gasteiger partial charge in [-0.15, -0.1) is 0 Å². The maximum absolute atomic E-state index is 12.0. The number of hydrogen-bond acceptors (Lipinski definition) is 4. The lowest BCUT2D eigenvalue weighted by Gasteiger charge is -2.09. The Balaban J connectivity index is 1.96. The summed E-state index contributed by atoms with van der Waals surface area (Å²) in [5.74, 6) is -0.275. The number of nitrogens with two attached hydrogens (primary N) is 1. The van der Waals surface area contributed by atoms with Gasteiger partial charge >= 0.3 is 0 Å². The van der Waals surface area contributed by atoms with Gasteiger partial charge in [0.15, 0.2) is 5.11 Å². The van der Waals surface area contributed by atoms with E-state index in [1.165, 1.54) is 6.08 Å². The Kier molecular flexibility index (Phi) is 6.25. The summed E-state index contributed by atoms with van der Waals surface area (Å²) in [6, 6.07) is 13.8. The second-order valence-electron chi connectivity index (χ2n) is 4.96. The lowest BCUT2D eigenvalue weighted by Crippen LogP contribution is -2.32. The molecule has 0 saturated heterocycles. The van der Waals surface area contributed by atoms with Crippen LogP contribution in [0, 0.1) is 0 Å². The first-order chi connectivity index (χ1) is 12.0. The number of primary amides is 1. The quantitative estimate of drug-likeness (QED) is 0.565. The first kappa shape index (κ1) is 18.2. The molecule has 25 heavy (non-hydrogen) atoms. The molecule has 2 amide bonds. The van der Waals surface area contributed by atoms with Gasteiger partial charge in [0, 0.05) is 22.9 Å². The summed E-state index contributed by atoms with van der Waals surface area (Å²) in [5, 5.41) is 5.45. The van der Waals surface area contributed by atoms with Crippen LogP contribution in [0.25, 0.3) is 6.08 Å². The van der Waals surface area contributed by atoms with E-state index >= 15 is 0 Å². The normalized spacial score (nSPS) is 10.3. The molecule has 7 heteroatoms. The number of carbonyl (C=O) groups is 2. The van der Waals surface area contributed by atoms with Gasteiger partial charge < -0.3 is 15.8 Å². The molecule has 0 radical (unpaired) electrons. The van der Waals surface area contributed by atoms with Crippen molar-refractivity contribution >= 4 is 40.9 Å². The van der Waals surface area contributed by atoms with Crippen LogP contribution in [-0.2, 0) is 4.79 Å². The number of para-hydroxylation sites is 1. The fourth-order valence-corrected chi connectivity index (χ4v) is 2.25. The Labute approximate surface area is 150 Å². The second-order valence-corrected chi connectivity index (χ2v) is 5.37. The molecule has 2 aromatic carbocycles. The van der Waals surface area contributed by atoms with Gasteiger partial charge in [-0.25, -0.2) is 0 Å². The SMILES string of the molecule is COc1ccccc1/C=C/C(=O)NC(=S)Nc1cccc(C(N)=O)c1.